The number of nitrogens with two attached hydrogens (primary N) is 1. The van der Waals surface area contributed by atoms with Crippen LogP contribution < -0.4 is 5.73 Å². The first-order chi connectivity index (χ1) is 8.00. The first-order valence-electron chi connectivity index (χ1n) is 6.00. The van der Waals surface area contributed by atoms with E-state index < -0.39 is 0 Å². The second kappa shape index (κ2) is 4.71. The molecular formula is C12H20BrN3O. The van der Waals surface area contributed by atoms with E-state index in [2.05, 4.69) is 28.0 Å². The first-order valence-corrected chi connectivity index (χ1v) is 6.79. The van der Waals surface area contributed by atoms with Gasteiger partial charge in [0.05, 0.1) is 22.0 Å². The van der Waals surface area contributed by atoms with Crippen LogP contribution in [0.1, 0.15) is 24.7 Å². The zero-order chi connectivity index (χ0) is 12.6. The molecule has 1 aliphatic heterocycles. The molecule has 0 aromatic carbocycles. The Balaban J connectivity index is 2.30. The van der Waals surface area contributed by atoms with E-state index in [0.29, 0.717) is 6.54 Å². The van der Waals surface area contributed by atoms with Crippen molar-refractivity contribution in [1.82, 2.24) is 9.78 Å². The van der Waals surface area contributed by atoms with Crippen molar-refractivity contribution in [2.75, 3.05) is 13.2 Å². The lowest BCUT2D eigenvalue weighted by Crippen LogP contribution is -2.39. The van der Waals surface area contributed by atoms with Gasteiger partial charge < -0.3 is 10.5 Å². The summed E-state index contributed by atoms with van der Waals surface area (Å²) in [4.78, 5) is 0. The molecule has 1 aromatic rings. The summed E-state index contributed by atoms with van der Waals surface area (Å²) in [7, 11) is 1.98. The Morgan fingerprint density at radius 2 is 2.35 bits per heavy atom. The van der Waals surface area contributed by atoms with Gasteiger partial charge >= 0.3 is 0 Å². The van der Waals surface area contributed by atoms with Crippen LogP contribution in [0.15, 0.2) is 4.47 Å². The van der Waals surface area contributed by atoms with E-state index in [1.165, 1.54) is 5.69 Å². The lowest BCUT2D eigenvalue weighted by Gasteiger charge is -2.30. The summed E-state index contributed by atoms with van der Waals surface area (Å²) < 4.78 is 8.74. The molecule has 96 valence electrons. The molecule has 1 aromatic heterocycles. The molecular weight excluding hydrogens is 282 g/mol. The molecule has 2 rings (SSSR count). The lowest BCUT2D eigenvalue weighted by molar-refractivity contribution is 0.0664. The molecule has 1 aliphatic rings. The van der Waals surface area contributed by atoms with Crippen molar-refractivity contribution in [3.8, 4) is 0 Å². The Morgan fingerprint density at radius 1 is 1.65 bits per heavy atom. The zero-order valence-electron chi connectivity index (χ0n) is 10.7. The second-order valence-electron chi connectivity index (χ2n) is 4.98. The predicted octanol–water partition coefficient (Wildman–Crippen LogP) is 1.79. The average Bonchev–Trinajstić information content (AvgIpc) is 2.76. The van der Waals surface area contributed by atoms with Gasteiger partial charge in [-0.1, -0.05) is 0 Å². The molecule has 4 nitrogen and oxygen atoms in total. The number of ether oxygens (including phenoxy) is 1. The van der Waals surface area contributed by atoms with Crippen LogP contribution in [0.5, 0.6) is 0 Å². The molecule has 1 fully saturated rings. The molecule has 2 atom stereocenters. The lowest BCUT2D eigenvalue weighted by atomic mass is 9.77. The number of hydrogen-bond donors (Lipinski definition) is 1. The van der Waals surface area contributed by atoms with Gasteiger partial charge in [0.2, 0.25) is 0 Å². The minimum atomic E-state index is 0.0583. The van der Waals surface area contributed by atoms with Crippen molar-refractivity contribution < 1.29 is 4.74 Å². The molecule has 0 bridgehead atoms. The van der Waals surface area contributed by atoms with Crippen molar-refractivity contribution in [2.45, 2.75) is 32.8 Å². The fourth-order valence-electron chi connectivity index (χ4n) is 2.60. The van der Waals surface area contributed by atoms with E-state index in [1.807, 2.05) is 18.7 Å². The monoisotopic (exact) mass is 301 g/mol. The van der Waals surface area contributed by atoms with Crippen molar-refractivity contribution in [3.63, 3.8) is 0 Å². The Kier molecular flexibility index (Phi) is 3.61. The number of hydrogen-bond acceptors (Lipinski definition) is 3. The van der Waals surface area contributed by atoms with Gasteiger partial charge in [0.1, 0.15) is 0 Å². The number of halogens is 1. The van der Waals surface area contributed by atoms with Gasteiger partial charge in [-0.15, -0.1) is 0 Å². The summed E-state index contributed by atoms with van der Waals surface area (Å²) in [5.74, 6) is 0. The molecule has 1 saturated heterocycles. The van der Waals surface area contributed by atoms with Crippen LogP contribution in [0.4, 0.5) is 0 Å². The molecule has 0 radical (unpaired) electrons. The average molecular weight is 302 g/mol. The van der Waals surface area contributed by atoms with Crippen LogP contribution in [0.3, 0.4) is 0 Å². The second-order valence-corrected chi connectivity index (χ2v) is 5.77. The highest BCUT2D eigenvalue weighted by molar-refractivity contribution is 9.10. The van der Waals surface area contributed by atoms with E-state index in [4.69, 9.17) is 10.5 Å². The van der Waals surface area contributed by atoms with Crippen LogP contribution in [0.2, 0.25) is 0 Å². The maximum absolute atomic E-state index is 5.99. The molecule has 2 N–H and O–H groups in total. The minimum absolute atomic E-state index is 0.0583. The maximum atomic E-state index is 5.99. The maximum Gasteiger partial charge on any atom is 0.0738 e. The van der Waals surface area contributed by atoms with Crippen LogP contribution in [-0.4, -0.2) is 29.0 Å². The number of aromatic nitrogens is 2. The van der Waals surface area contributed by atoms with E-state index >= 15 is 0 Å². The van der Waals surface area contributed by atoms with Crippen molar-refractivity contribution >= 4 is 15.9 Å². The van der Waals surface area contributed by atoms with E-state index in [1.54, 1.807) is 0 Å². The van der Waals surface area contributed by atoms with Gasteiger partial charge in [-0.2, -0.15) is 5.10 Å². The number of nitrogens with zero attached hydrogens (tertiary/aromatic N) is 2. The number of aryl methyl sites for hydroxylation is 2. The van der Waals surface area contributed by atoms with E-state index in [9.17, 15) is 0 Å². The van der Waals surface area contributed by atoms with Crippen LogP contribution >= 0.6 is 15.9 Å². The van der Waals surface area contributed by atoms with Gasteiger partial charge in [-0.05, 0) is 42.6 Å². The zero-order valence-corrected chi connectivity index (χ0v) is 12.2. The molecule has 0 saturated carbocycles. The predicted molar refractivity (Wildman–Crippen MR) is 70.9 cm³/mol. The van der Waals surface area contributed by atoms with Gasteiger partial charge in [-0.25, -0.2) is 0 Å². The molecule has 5 heteroatoms. The molecule has 0 aliphatic carbocycles. The highest BCUT2D eigenvalue weighted by atomic mass is 79.9. The SMILES string of the molecule is Cc1nn(C)c(CC2(CN)CCOC2C)c1Br. The molecule has 2 unspecified atom stereocenters. The fraction of sp³-hybridized carbons (Fsp3) is 0.750. The third kappa shape index (κ3) is 2.16. The molecule has 0 amide bonds. The summed E-state index contributed by atoms with van der Waals surface area (Å²) in [5, 5.41) is 4.43. The third-order valence-electron chi connectivity index (χ3n) is 4.02. The normalized spacial score (nSPS) is 28.9. The Labute approximate surface area is 111 Å². The van der Waals surface area contributed by atoms with E-state index in [0.717, 1.165) is 29.6 Å². The highest BCUT2D eigenvalue weighted by Crippen LogP contribution is 2.39. The summed E-state index contributed by atoms with van der Waals surface area (Å²) in [5.41, 5.74) is 8.29. The molecule has 17 heavy (non-hydrogen) atoms. The quantitative estimate of drug-likeness (QED) is 0.926. The summed E-state index contributed by atoms with van der Waals surface area (Å²) in [6, 6.07) is 0. The summed E-state index contributed by atoms with van der Waals surface area (Å²) in [6.07, 6.45) is 2.17. The van der Waals surface area contributed by atoms with Crippen molar-refractivity contribution in [3.05, 3.63) is 15.9 Å². The topological polar surface area (TPSA) is 53.1 Å². The molecule has 2 heterocycles. The van der Waals surface area contributed by atoms with Crippen LogP contribution in [0.25, 0.3) is 0 Å². The van der Waals surface area contributed by atoms with Gasteiger partial charge in [0, 0.05) is 25.6 Å². The molecule has 0 spiro atoms. The highest BCUT2D eigenvalue weighted by Gasteiger charge is 2.41. The van der Waals surface area contributed by atoms with Crippen molar-refractivity contribution in [2.24, 2.45) is 18.2 Å². The Hall–Kier alpha value is -0.390. The van der Waals surface area contributed by atoms with Gasteiger partial charge in [0.25, 0.3) is 0 Å². The summed E-state index contributed by atoms with van der Waals surface area (Å²) >= 11 is 3.62. The van der Waals surface area contributed by atoms with Crippen LogP contribution in [0, 0.1) is 12.3 Å². The van der Waals surface area contributed by atoms with Gasteiger partial charge in [0.15, 0.2) is 0 Å². The smallest absolute Gasteiger partial charge is 0.0738 e. The van der Waals surface area contributed by atoms with Gasteiger partial charge in [-0.3, -0.25) is 4.68 Å². The van der Waals surface area contributed by atoms with Crippen molar-refractivity contribution in [1.29, 1.82) is 0 Å². The number of rotatable bonds is 3. The van der Waals surface area contributed by atoms with Crippen LogP contribution in [-0.2, 0) is 18.2 Å². The Bertz CT molecular complexity index is 418. The first kappa shape index (κ1) is 13.1. The largest absolute Gasteiger partial charge is 0.378 e. The Morgan fingerprint density at radius 3 is 2.76 bits per heavy atom. The summed E-state index contributed by atoms with van der Waals surface area (Å²) in [6.45, 7) is 5.60. The minimum Gasteiger partial charge on any atom is -0.378 e. The fourth-order valence-corrected chi connectivity index (χ4v) is 3.07. The standard InChI is InChI=1S/C12H20BrN3O/c1-8-11(13)10(16(3)15-8)6-12(7-14)4-5-17-9(12)2/h9H,4-7,14H2,1-3H3. The van der Waals surface area contributed by atoms with E-state index in [-0.39, 0.29) is 11.5 Å². The third-order valence-corrected chi connectivity index (χ3v) is 5.05.